The summed E-state index contributed by atoms with van der Waals surface area (Å²) >= 11 is 0. The molecule has 0 aromatic carbocycles. The van der Waals surface area contributed by atoms with E-state index in [1.807, 2.05) is 19.9 Å². The number of hydrogen-bond acceptors (Lipinski definition) is 6. The number of esters is 1. The predicted molar refractivity (Wildman–Crippen MR) is 99.3 cm³/mol. The molecular weight excluding hydrogens is 346 g/mol. The summed E-state index contributed by atoms with van der Waals surface area (Å²) in [6.07, 6.45) is 6.86. The summed E-state index contributed by atoms with van der Waals surface area (Å²) < 4.78 is 6.69. The van der Waals surface area contributed by atoms with Crippen molar-refractivity contribution >= 4 is 17.7 Å². The summed E-state index contributed by atoms with van der Waals surface area (Å²) in [6.45, 7) is 5.77. The third-order valence-electron chi connectivity index (χ3n) is 4.58. The lowest BCUT2D eigenvalue weighted by atomic mass is 9.97. The Balaban J connectivity index is 1.54. The van der Waals surface area contributed by atoms with Gasteiger partial charge < -0.3 is 10.1 Å². The first-order valence-corrected chi connectivity index (χ1v) is 9.31. The zero-order valence-electron chi connectivity index (χ0n) is 16.0. The highest BCUT2D eigenvalue weighted by molar-refractivity contribution is 5.89. The quantitative estimate of drug-likeness (QED) is 0.618. The van der Waals surface area contributed by atoms with Crippen LogP contribution < -0.4 is 5.32 Å². The van der Waals surface area contributed by atoms with E-state index in [0.717, 1.165) is 30.7 Å². The minimum Gasteiger partial charge on any atom is -0.447 e. The molecule has 8 nitrogen and oxygen atoms in total. The van der Waals surface area contributed by atoms with Gasteiger partial charge in [-0.2, -0.15) is 4.98 Å². The van der Waals surface area contributed by atoms with Crippen molar-refractivity contribution in [1.82, 2.24) is 24.9 Å². The summed E-state index contributed by atoms with van der Waals surface area (Å²) in [7, 11) is 0. The summed E-state index contributed by atoms with van der Waals surface area (Å²) in [5.41, 5.74) is 2.98. The van der Waals surface area contributed by atoms with Crippen LogP contribution >= 0.6 is 0 Å². The molecule has 0 spiro atoms. The first kappa shape index (κ1) is 19.0. The van der Waals surface area contributed by atoms with Gasteiger partial charge in [0.1, 0.15) is 0 Å². The van der Waals surface area contributed by atoms with Crippen LogP contribution in [0.3, 0.4) is 0 Å². The lowest BCUT2D eigenvalue weighted by molar-refractivity contribution is -0.129. The van der Waals surface area contributed by atoms with E-state index in [1.165, 1.54) is 29.9 Å². The Labute approximate surface area is 158 Å². The van der Waals surface area contributed by atoms with E-state index in [9.17, 15) is 9.59 Å². The van der Waals surface area contributed by atoms with E-state index >= 15 is 0 Å². The first-order chi connectivity index (χ1) is 12.9. The summed E-state index contributed by atoms with van der Waals surface area (Å²) in [6, 6.07) is 1.84. The highest BCUT2D eigenvalue weighted by Crippen LogP contribution is 2.19. The molecule has 0 fully saturated rings. The van der Waals surface area contributed by atoms with Crippen molar-refractivity contribution in [2.75, 3.05) is 6.54 Å². The van der Waals surface area contributed by atoms with E-state index in [2.05, 4.69) is 26.5 Å². The Morgan fingerprint density at radius 3 is 2.85 bits per heavy atom. The fraction of sp³-hybridized carbons (Fsp3) is 0.526. The van der Waals surface area contributed by atoms with Crippen molar-refractivity contribution in [3.63, 3.8) is 0 Å². The number of nitrogens with one attached hydrogen (secondary N) is 1. The van der Waals surface area contributed by atoms with Gasteiger partial charge in [0.25, 0.3) is 17.5 Å². The monoisotopic (exact) mass is 371 g/mol. The van der Waals surface area contributed by atoms with Gasteiger partial charge in [0.15, 0.2) is 6.10 Å². The van der Waals surface area contributed by atoms with Crippen molar-refractivity contribution < 1.29 is 14.3 Å². The standard InChI is InChI=1S/C19H25N5O3/c1-12-11-13(2)24-19(21-12)22-16(23-24)18(26)27-14(3)17(25)20-10-9-15-7-5-4-6-8-15/h7,11,14H,4-6,8-10H2,1-3H3,(H,20,25)/t14-/m0/s1. The van der Waals surface area contributed by atoms with E-state index < -0.39 is 12.1 Å². The Hall–Kier alpha value is -2.77. The second kappa shape index (κ2) is 8.28. The van der Waals surface area contributed by atoms with Crippen molar-refractivity contribution in [1.29, 1.82) is 0 Å². The fourth-order valence-corrected chi connectivity index (χ4v) is 3.14. The number of ether oxygens (including phenoxy) is 1. The SMILES string of the molecule is Cc1cc(C)n2nc(C(=O)O[C@@H](C)C(=O)NCCC3=CCCCC3)nc2n1. The molecule has 2 heterocycles. The number of hydrogen-bond donors (Lipinski definition) is 1. The number of amides is 1. The van der Waals surface area contributed by atoms with Gasteiger partial charge in [0, 0.05) is 17.9 Å². The lowest BCUT2D eigenvalue weighted by Gasteiger charge is -2.15. The van der Waals surface area contributed by atoms with Crippen molar-refractivity contribution in [2.24, 2.45) is 0 Å². The zero-order valence-corrected chi connectivity index (χ0v) is 16.0. The van der Waals surface area contributed by atoms with Crippen LogP contribution in [-0.2, 0) is 9.53 Å². The molecule has 0 bridgehead atoms. The highest BCUT2D eigenvalue weighted by Gasteiger charge is 2.22. The molecule has 1 aliphatic carbocycles. The van der Waals surface area contributed by atoms with Gasteiger partial charge in [-0.15, -0.1) is 5.10 Å². The van der Waals surface area contributed by atoms with Gasteiger partial charge in [-0.25, -0.2) is 14.3 Å². The van der Waals surface area contributed by atoms with Crippen LogP contribution in [0.5, 0.6) is 0 Å². The number of nitrogens with zero attached hydrogens (tertiary/aromatic N) is 4. The zero-order chi connectivity index (χ0) is 19.4. The molecule has 2 aromatic rings. The van der Waals surface area contributed by atoms with E-state index in [4.69, 9.17) is 4.74 Å². The molecule has 0 unspecified atom stereocenters. The van der Waals surface area contributed by atoms with Crippen molar-refractivity contribution in [2.45, 2.75) is 59.0 Å². The largest absolute Gasteiger partial charge is 0.447 e. The highest BCUT2D eigenvalue weighted by atomic mass is 16.5. The summed E-state index contributed by atoms with van der Waals surface area (Å²) in [4.78, 5) is 32.8. The number of carbonyl (C=O) groups excluding carboxylic acids is 2. The molecule has 27 heavy (non-hydrogen) atoms. The van der Waals surface area contributed by atoms with Gasteiger partial charge in [-0.05, 0) is 58.9 Å². The Bertz CT molecular complexity index is 887. The van der Waals surface area contributed by atoms with Crippen LogP contribution in [0.1, 0.15) is 61.0 Å². The van der Waals surface area contributed by atoms with E-state index in [-0.39, 0.29) is 11.7 Å². The minimum atomic E-state index is -0.916. The van der Waals surface area contributed by atoms with Gasteiger partial charge in [0.05, 0.1) is 0 Å². The van der Waals surface area contributed by atoms with Gasteiger partial charge in [-0.3, -0.25) is 4.79 Å². The Kier molecular flexibility index (Phi) is 5.83. The molecule has 2 aromatic heterocycles. The molecule has 1 aliphatic rings. The Morgan fingerprint density at radius 2 is 2.11 bits per heavy atom. The van der Waals surface area contributed by atoms with Gasteiger partial charge >= 0.3 is 5.97 Å². The smallest absolute Gasteiger partial charge is 0.379 e. The lowest BCUT2D eigenvalue weighted by Crippen LogP contribution is -2.36. The van der Waals surface area contributed by atoms with Crippen LogP contribution in [0.15, 0.2) is 17.7 Å². The summed E-state index contributed by atoms with van der Waals surface area (Å²) in [5.74, 6) is -0.843. The molecule has 0 radical (unpaired) electrons. The van der Waals surface area contributed by atoms with Crippen molar-refractivity contribution in [3.05, 3.63) is 34.9 Å². The summed E-state index contributed by atoms with van der Waals surface area (Å²) in [5, 5.41) is 6.93. The van der Waals surface area contributed by atoms with E-state index in [1.54, 1.807) is 0 Å². The third kappa shape index (κ3) is 4.69. The second-order valence-corrected chi connectivity index (χ2v) is 6.88. The fourth-order valence-electron chi connectivity index (χ4n) is 3.14. The van der Waals surface area contributed by atoms with Crippen LogP contribution in [0, 0.1) is 13.8 Å². The van der Waals surface area contributed by atoms with Gasteiger partial charge in [-0.1, -0.05) is 11.6 Å². The van der Waals surface area contributed by atoms with Crippen molar-refractivity contribution in [3.8, 4) is 0 Å². The topological polar surface area (TPSA) is 98.5 Å². The predicted octanol–water partition coefficient (Wildman–Crippen LogP) is 2.29. The first-order valence-electron chi connectivity index (χ1n) is 9.31. The van der Waals surface area contributed by atoms with Crippen LogP contribution in [0.4, 0.5) is 0 Å². The van der Waals surface area contributed by atoms with Crippen LogP contribution in [0.25, 0.3) is 5.78 Å². The number of carbonyl (C=O) groups is 2. The van der Waals surface area contributed by atoms with Gasteiger partial charge in [0.2, 0.25) is 0 Å². The average molecular weight is 371 g/mol. The maximum Gasteiger partial charge on any atom is 0.379 e. The molecule has 144 valence electrons. The maximum atomic E-state index is 12.3. The molecular formula is C19H25N5O3. The Morgan fingerprint density at radius 1 is 1.30 bits per heavy atom. The molecule has 1 N–H and O–H groups in total. The molecule has 8 heteroatoms. The number of allylic oxidation sites excluding steroid dienone is 1. The molecule has 1 amide bonds. The number of fused-ring (bicyclic) bond motifs is 1. The third-order valence-corrected chi connectivity index (χ3v) is 4.58. The van der Waals surface area contributed by atoms with Crippen LogP contribution in [0.2, 0.25) is 0 Å². The second-order valence-electron chi connectivity index (χ2n) is 6.88. The molecule has 0 saturated heterocycles. The van der Waals surface area contributed by atoms with Crippen LogP contribution in [-0.4, -0.2) is 44.1 Å². The number of aromatic nitrogens is 4. The van der Waals surface area contributed by atoms with E-state index in [0.29, 0.717) is 12.3 Å². The normalized spacial score (nSPS) is 15.3. The molecule has 1 atom stereocenters. The minimum absolute atomic E-state index is 0.108. The maximum absolute atomic E-state index is 12.3. The number of aryl methyl sites for hydroxylation is 2. The molecule has 0 saturated carbocycles. The average Bonchev–Trinajstić information content (AvgIpc) is 3.07. The molecule has 3 rings (SSSR count). The molecule has 0 aliphatic heterocycles. The number of rotatable bonds is 6.